The van der Waals surface area contributed by atoms with E-state index in [1.807, 2.05) is 11.9 Å². The van der Waals surface area contributed by atoms with Crippen LogP contribution in [0, 0.1) is 11.3 Å². The lowest BCUT2D eigenvalue weighted by Crippen LogP contribution is -2.55. The van der Waals surface area contributed by atoms with Crippen molar-refractivity contribution in [1.82, 2.24) is 14.8 Å². The number of amides is 2. The van der Waals surface area contributed by atoms with Gasteiger partial charge in [0.15, 0.2) is 10.9 Å². The first-order valence-electron chi connectivity index (χ1n) is 7.91. The number of ketones is 1. The largest absolute Gasteiger partial charge is 0.328 e. The van der Waals surface area contributed by atoms with Crippen LogP contribution in [0.15, 0.2) is 0 Å². The molecule has 1 aliphatic heterocycles. The number of aromatic nitrogens is 1. The number of Topliss-reactive ketones (excluding diaryl/α,β-unsaturated/α-hetero) is 1. The fourth-order valence-electron chi connectivity index (χ4n) is 3.16. The zero-order chi connectivity index (χ0) is 16.9. The Kier molecular flexibility index (Phi) is 3.96. The van der Waals surface area contributed by atoms with E-state index in [0.717, 1.165) is 17.0 Å². The molecule has 3 rings (SSSR count). The molecule has 0 bridgehead atoms. The maximum Gasteiger partial charge on any atom is 0.328 e. The number of urea groups is 1. The third kappa shape index (κ3) is 2.99. The normalized spacial score (nSPS) is 23.4. The highest BCUT2D eigenvalue weighted by Gasteiger charge is 2.37. The number of thiazole rings is 1. The van der Waals surface area contributed by atoms with E-state index in [1.165, 1.54) is 11.3 Å². The molecule has 1 atom stereocenters. The Bertz CT molecular complexity index is 649. The van der Waals surface area contributed by atoms with E-state index in [2.05, 4.69) is 25.8 Å². The van der Waals surface area contributed by atoms with E-state index in [4.69, 9.17) is 0 Å². The van der Waals surface area contributed by atoms with E-state index in [0.29, 0.717) is 30.8 Å². The van der Waals surface area contributed by atoms with Gasteiger partial charge in [0.1, 0.15) is 0 Å². The first-order chi connectivity index (χ1) is 10.7. The molecule has 2 heterocycles. The van der Waals surface area contributed by atoms with Crippen LogP contribution < -0.4 is 4.90 Å². The number of anilines is 1. The van der Waals surface area contributed by atoms with E-state index in [9.17, 15) is 9.59 Å². The topological polar surface area (TPSA) is 56.8 Å². The molecule has 23 heavy (non-hydrogen) atoms. The lowest BCUT2D eigenvalue weighted by Gasteiger charge is -2.37. The van der Waals surface area contributed by atoms with Crippen LogP contribution in [0.4, 0.5) is 9.93 Å². The summed E-state index contributed by atoms with van der Waals surface area (Å²) in [6, 6.07) is -0.0611. The molecule has 0 radical (unpaired) electrons. The van der Waals surface area contributed by atoms with Crippen LogP contribution in [0.25, 0.3) is 0 Å². The average Bonchev–Trinajstić information content (AvgIpc) is 2.86. The minimum absolute atomic E-state index is 0.0611. The molecule has 1 unspecified atom stereocenters. The van der Waals surface area contributed by atoms with Gasteiger partial charge in [-0.15, -0.1) is 0 Å². The van der Waals surface area contributed by atoms with Gasteiger partial charge in [-0.05, 0) is 24.8 Å². The molecule has 0 saturated carbocycles. The number of hydrogen-bond donors (Lipinski definition) is 0. The minimum atomic E-state index is -0.0611. The van der Waals surface area contributed by atoms with Gasteiger partial charge in [-0.25, -0.2) is 9.78 Å². The summed E-state index contributed by atoms with van der Waals surface area (Å²) in [4.78, 5) is 35.6. The summed E-state index contributed by atoms with van der Waals surface area (Å²) in [5.41, 5.74) is 0.947. The van der Waals surface area contributed by atoms with Crippen LogP contribution in [-0.2, 0) is 6.42 Å². The standard InChI is InChI=1S/C16H24N4O2S/c1-16(2,3)10-6-11-13(12(21)7-10)23-14(17-11)20-9-18(4)8-19(5)15(20)22/h10H,6-9H2,1-5H3. The third-order valence-electron chi connectivity index (χ3n) is 4.66. The van der Waals surface area contributed by atoms with Crippen molar-refractivity contribution in [2.75, 3.05) is 32.3 Å². The maximum atomic E-state index is 12.5. The lowest BCUT2D eigenvalue weighted by atomic mass is 9.73. The highest BCUT2D eigenvalue weighted by atomic mass is 32.1. The van der Waals surface area contributed by atoms with E-state index in [1.54, 1.807) is 16.8 Å². The average molecular weight is 336 g/mol. The molecular formula is C16H24N4O2S. The summed E-state index contributed by atoms with van der Waals surface area (Å²) in [5.74, 6) is 0.473. The molecule has 2 aliphatic rings. The second kappa shape index (κ2) is 5.56. The molecular weight excluding hydrogens is 312 g/mol. The molecule has 0 spiro atoms. The Balaban J connectivity index is 1.91. The summed E-state index contributed by atoms with van der Waals surface area (Å²) in [6.45, 7) is 7.61. The highest BCUT2D eigenvalue weighted by Crippen LogP contribution is 2.40. The van der Waals surface area contributed by atoms with Gasteiger partial charge in [0.25, 0.3) is 0 Å². The van der Waals surface area contributed by atoms with Gasteiger partial charge < -0.3 is 4.90 Å². The SMILES string of the molecule is CN1CN(C)C(=O)N(c2nc3c(s2)C(=O)CC(C(C)(C)C)C3)C1. The van der Waals surface area contributed by atoms with Crippen molar-refractivity contribution in [3.63, 3.8) is 0 Å². The molecule has 1 aromatic heterocycles. The zero-order valence-electron chi connectivity index (χ0n) is 14.4. The van der Waals surface area contributed by atoms with Gasteiger partial charge in [-0.2, -0.15) is 0 Å². The lowest BCUT2D eigenvalue weighted by molar-refractivity contribution is 0.0897. The monoisotopic (exact) mass is 336 g/mol. The van der Waals surface area contributed by atoms with E-state index < -0.39 is 0 Å². The van der Waals surface area contributed by atoms with Crippen LogP contribution >= 0.6 is 11.3 Å². The highest BCUT2D eigenvalue weighted by molar-refractivity contribution is 7.17. The van der Waals surface area contributed by atoms with E-state index in [-0.39, 0.29) is 17.2 Å². The van der Waals surface area contributed by atoms with Gasteiger partial charge in [0.05, 0.1) is 23.9 Å². The van der Waals surface area contributed by atoms with Gasteiger partial charge in [-0.3, -0.25) is 14.6 Å². The maximum absolute atomic E-state index is 12.5. The fourth-order valence-corrected chi connectivity index (χ4v) is 4.19. The van der Waals surface area contributed by atoms with Crippen LogP contribution in [0.1, 0.15) is 42.6 Å². The van der Waals surface area contributed by atoms with Gasteiger partial charge in [0.2, 0.25) is 0 Å². The van der Waals surface area contributed by atoms with Crippen molar-refractivity contribution in [1.29, 1.82) is 0 Å². The number of fused-ring (bicyclic) bond motifs is 1. The molecule has 126 valence electrons. The Hall–Kier alpha value is -1.47. The first kappa shape index (κ1) is 16.4. The molecule has 6 nitrogen and oxygen atoms in total. The fraction of sp³-hybridized carbons (Fsp3) is 0.688. The molecule has 1 aromatic rings. The second-order valence-electron chi connectivity index (χ2n) is 7.71. The van der Waals surface area contributed by atoms with Crippen LogP contribution in [0.5, 0.6) is 0 Å². The zero-order valence-corrected chi connectivity index (χ0v) is 15.2. The quantitative estimate of drug-likeness (QED) is 0.791. The van der Waals surface area contributed by atoms with Crippen LogP contribution in [0.3, 0.4) is 0 Å². The van der Waals surface area contributed by atoms with Crippen molar-refractivity contribution in [2.24, 2.45) is 11.3 Å². The van der Waals surface area contributed by atoms with Crippen LogP contribution in [0.2, 0.25) is 0 Å². The predicted molar refractivity (Wildman–Crippen MR) is 90.8 cm³/mol. The molecule has 7 heteroatoms. The summed E-state index contributed by atoms with van der Waals surface area (Å²) in [7, 11) is 3.74. The molecule has 2 amide bonds. The molecule has 1 saturated heterocycles. The van der Waals surface area contributed by atoms with Crippen molar-refractivity contribution < 1.29 is 9.59 Å². The first-order valence-corrected chi connectivity index (χ1v) is 8.72. The molecule has 0 N–H and O–H groups in total. The Morgan fingerprint density at radius 3 is 2.48 bits per heavy atom. The number of carbonyl (C=O) groups is 2. The molecule has 0 aromatic carbocycles. The number of nitrogens with zero attached hydrogens (tertiary/aromatic N) is 4. The molecule has 1 fully saturated rings. The Labute approximate surface area is 141 Å². The van der Waals surface area contributed by atoms with Gasteiger partial charge in [0, 0.05) is 13.5 Å². The van der Waals surface area contributed by atoms with Crippen molar-refractivity contribution in [3.8, 4) is 0 Å². The third-order valence-corrected chi connectivity index (χ3v) is 5.82. The minimum Gasteiger partial charge on any atom is -0.314 e. The van der Waals surface area contributed by atoms with Crippen LogP contribution in [-0.4, -0.2) is 54.0 Å². The van der Waals surface area contributed by atoms with Gasteiger partial charge >= 0.3 is 6.03 Å². The van der Waals surface area contributed by atoms with Crippen molar-refractivity contribution in [3.05, 3.63) is 10.6 Å². The Morgan fingerprint density at radius 1 is 1.13 bits per heavy atom. The number of rotatable bonds is 1. The van der Waals surface area contributed by atoms with E-state index >= 15 is 0 Å². The summed E-state index contributed by atoms with van der Waals surface area (Å²) >= 11 is 1.36. The number of carbonyl (C=O) groups excluding carboxylic acids is 2. The van der Waals surface area contributed by atoms with Gasteiger partial charge in [-0.1, -0.05) is 32.1 Å². The smallest absolute Gasteiger partial charge is 0.314 e. The Morgan fingerprint density at radius 2 is 1.83 bits per heavy atom. The predicted octanol–water partition coefficient (Wildman–Crippen LogP) is 2.65. The second-order valence-corrected chi connectivity index (χ2v) is 8.69. The molecule has 1 aliphatic carbocycles. The summed E-state index contributed by atoms with van der Waals surface area (Å²) in [5, 5.41) is 0.640. The number of hydrogen-bond acceptors (Lipinski definition) is 5. The summed E-state index contributed by atoms with van der Waals surface area (Å²) in [6.07, 6.45) is 1.39. The summed E-state index contributed by atoms with van der Waals surface area (Å²) < 4.78 is 0. The van der Waals surface area contributed by atoms with Crippen molar-refractivity contribution >= 4 is 28.3 Å². The van der Waals surface area contributed by atoms with Crippen molar-refractivity contribution in [2.45, 2.75) is 33.6 Å².